The molecular formula is C18H18ClNO2. The predicted molar refractivity (Wildman–Crippen MR) is 87.4 cm³/mol. The van der Waals surface area contributed by atoms with Crippen molar-refractivity contribution in [1.82, 2.24) is 5.32 Å². The Bertz CT molecular complexity index is 727. The molecule has 0 radical (unpaired) electrons. The van der Waals surface area contributed by atoms with Crippen molar-refractivity contribution < 1.29 is 9.90 Å². The smallest absolute Gasteiger partial charge is 0.255 e. The van der Waals surface area contributed by atoms with Crippen molar-refractivity contribution in [3.05, 3.63) is 63.7 Å². The molecule has 0 spiro atoms. The summed E-state index contributed by atoms with van der Waals surface area (Å²) in [5.74, 6) is -0.457. The number of rotatable bonds is 2. The van der Waals surface area contributed by atoms with Gasteiger partial charge in [-0.1, -0.05) is 35.9 Å². The number of hydrogen-bond donors (Lipinski definition) is 2. The van der Waals surface area contributed by atoms with E-state index in [4.69, 9.17) is 11.6 Å². The van der Waals surface area contributed by atoms with Gasteiger partial charge in [0.15, 0.2) is 0 Å². The summed E-state index contributed by atoms with van der Waals surface area (Å²) in [6.07, 6.45) is 3.00. The van der Waals surface area contributed by atoms with Gasteiger partial charge in [-0.15, -0.1) is 0 Å². The number of aryl methyl sites for hydroxylation is 1. The van der Waals surface area contributed by atoms with Crippen LogP contribution in [0.15, 0.2) is 36.4 Å². The third-order valence-electron chi connectivity index (χ3n) is 4.28. The van der Waals surface area contributed by atoms with Gasteiger partial charge in [0.05, 0.1) is 16.6 Å². The highest BCUT2D eigenvalue weighted by Gasteiger charge is 2.24. The number of nitrogens with one attached hydrogen (secondary N) is 1. The maximum absolute atomic E-state index is 12.5. The molecule has 1 atom stereocenters. The molecule has 2 N–H and O–H groups in total. The summed E-state index contributed by atoms with van der Waals surface area (Å²) < 4.78 is 0. The highest BCUT2D eigenvalue weighted by atomic mass is 35.5. The second-order valence-electron chi connectivity index (χ2n) is 5.70. The third-order valence-corrected chi connectivity index (χ3v) is 4.58. The zero-order valence-electron chi connectivity index (χ0n) is 12.4. The SMILES string of the molecule is Cc1cccc2c1CCCC2NC(=O)c1cccc(Cl)c1O. The Morgan fingerprint density at radius 2 is 2.05 bits per heavy atom. The molecule has 3 rings (SSSR count). The first-order chi connectivity index (χ1) is 10.6. The quantitative estimate of drug-likeness (QED) is 0.874. The summed E-state index contributed by atoms with van der Waals surface area (Å²) in [5.41, 5.74) is 3.99. The standard InChI is InChI=1S/C18H18ClNO2/c1-11-5-2-7-13-12(11)6-4-10-16(13)20-18(22)14-8-3-9-15(19)17(14)21/h2-3,5,7-9,16,21H,4,6,10H2,1H3,(H,20,22). The molecule has 0 aliphatic heterocycles. The Morgan fingerprint density at radius 1 is 1.27 bits per heavy atom. The van der Waals surface area contributed by atoms with E-state index in [1.807, 2.05) is 6.07 Å². The average Bonchev–Trinajstić information content (AvgIpc) is 2.51. The molecule has 1 amide bonds. The normalized spacial score (nSPS) is 16.9. The van der Waals surface area contributed by atoms with Gasteiger partial charge in [-0.05, 0) is 55.0 Å². The molecule has 2 aromatic carbocycles. The lowest BCUT2D eigenvalue weighted by Crippen LogP contribution is -2.31. The summed E-state index contributed by atoms with van der Waals surface area (Å²) in [7, 11) is 0. The summed E-state index contributed by atoms with van der Waals surface area (Å²) in [4.78, 5) is 12.5. The summed E-state index contributed by atoms with van der Waals surface area (Å²) in [6.45, 7) is 2.10. The third kappa shape index (κ3) is 2.69. The number of amides is 1. The van der Waals surface area contributed by atoms with Crippen LogP contribution in [-0.2, 0) is 6.42 Å². The van der Waals surface area contributed by atoms with E-state index in [0.717, 1.165) is 19.3 Å². The molecular weight excluding hydrogens is 298 g/mol. The van der Waals surface area contributed by atoms with E-state index in [1.165, 1.54) is 16.7 Å². The van der Waals surface area contributed by atoms with Crippen molar-refractivity contribution in [2.75, 3.05) is 0 Å². The van der Waals surface area contributed by atoms with E-state index >= 15 is 0 Å². The van der Waals surface area contributed by atoms with Crippen LogP contribution in [0, 0.1) is 6.92 Å². The number of benzene rings is 2. The van der Waals surface area contributed by atoms with Crippen LogP contribution in [0.5, 0.6) is 5.75 Å². The van der Waals surface area contributed by atoms with E-state index in [-0.39, 0.29) is 28.3 Å². The van der Waals surface area contributed by atoms with Crippen molar-refractivity contribution in [2.24, 2.45) is 0 Å². The lowest BCUT2D eigenvalue weighted by atomic mass is 9.85. The first-order valence-electron chi connectivity index (χ1n) is 7.44. The van der Waals surface area contributed by atoms with Crippen molar-refractivity contribution in [1.29, 1.82) is 0 Å². The molecule has 114 valence electrons. The second kappa shape index (κ2) is 6.01. The van der Waals surface area contributed by atoms with Gasteiger partial charge in [0.25, 0.3) is 5.91 Å². The number of phenols is 1. The zero-order chi connectivity index (χ0) is 15.7. The highest BCUT2D eigenvalue weighted by Crippen LogP contribution is 2.33. The van der Waals surface area contributed by atoms with Crippen molar-refractivity contribution in [3.63, 3.8) is 0 Å². The Balaban J connectivity index is 1.87. The van der Waals surface area contributed by atoms with E-state index in [9.17, 15) is 9.90 Å². The van der Waals surface area contributed by atoms with Gasteiger partial charge in [-0.25, -0.2) is 0 Å². The van der Waals surface area contributed by atoms with E-state index < -0.39 is 0 Å². The maximum Gasteiger partial charge on any atom is 0.255 e. The molecule has 0 saturated heterocycles. The number of phenolic OH excluding ortho intramolecular Hbond substituents is 1. The Labute approximate surface area is 134 Å². The Morgan fingerprint density at radius 3 is 2.86 bits per heavy atom. The maximum atomic E-state index is 12.5. The van der Waals surface area contributed by atoms with Crippen LogP contribution in [0.1, 0.15) is 45.9 Å². The van der Waals surface area contributed by atoms with Crippen LogP contribution in [0.3, 0.4) is 0 Å². The number of hydrogen-bond acceptors (Lipinski definition) is 2. The lowest BCUT2D eigenvalue weighted by Gasteiger charge is -2.27. The molecule has 4 heteroatoms. The molecule has 0 saturated carbocycles. The van der Waals surface area contributed by atoms with Crippen LogP contribution in [0.4, 0.5) is 0 Å². The number of fused-ring (bicyclic) bond motifs is 1. The van der Waals surface area contributed by atoms with Gasteiger partial charge in [0, 0.05) is 0 Å². The molecule has 1 aliphatic carbocycles. The molecule has 0 heterocycles. The van der Waals surface area contributed by atoms with Crippen molar-refractivity contribution >= 4 is 17.5 Å². The first-order valence-corrected chi connectivity index (χ1v) is 7.82. The molecule has 22 heavy (non-hydrogen) atoms. The minimum Gasteiger partial charge on any atom is -0.506 e. The molecule has 1 aliphatic rings. The molecule has 1 unspecified atom stereocenters. The molecule has 2 aromatic rings. The van der Waals surface area contributed by atoms with Crippen molar-refractivity contribution in [3.8, 4) is 5.75 Å². The second-order valence-corrected chi connectivity index (χ2v) is 6.10. The molecule has 3 nitrogen and oxygen atoms in total. The molecule has 0 fully saturated rings. The summed E-state index contributed by atoms with van der Waals surface area (Å²) >= 11 is 5.87. The highest BCUT2D eigenvalue weighted by molar-refractivity contribution is 6.32. The number of para-hydroxylation sites is 1. The van der Waals surface area contributed by atoms with Crippen LogP contribution in [0.25, 0.3) is 0 Å². The molecule has 0 aromatic heterocycles. The lowest BCUT2D eigenvalue weighted by molar-refractivity contribution is 0.0930. The fraction of sp³-hybridized carbons (Fsp3) is 0.278. The van der Waals surface area contributed by atoms with Gasteiger partial charge in [-0.3, -0.25) is 4.79 Å². The van der Waals surface area contributed by atoms with Crippen LogP contribution < -0.4 is 5.32 Å². The van der Waals surface area contributed by atoms with Gasteiger partial charge in [-0.2, -0.15) is 0 Å². The van der Waals surface area contributed by atoms with Crippen LogP contribution in [0.2, 0.25) is 5.02 Å². The Hall–Kier alpha value is -2.00. The first kappa shape index (κ1) is 14.9. The van der Waals surface area contributed by atoms with E-state index in [2.05, 4.69) is 24.4 Å². The monoisotopic (exact) mass is 315 g/mol. The minimum atomic E-state index is -0.292. The van der Waals surface area contributed by atoms with Gasteiger partial charge in [0.1, 0.15) is 5.75 Å². The van der Waals surface area contributed by atoms with E-state index in [1.54, 1.807) is 18.2 Å². The number of halogens is 1. The number of aromatic hydroxyl groups is 1. The van der Waals surface area contributed by atoms with Gasteiger partial charge in [0.2, 0.25) is 0 Å². The summed E-state index contributed by atoms with van der Waals surface area (Å²) in [5, 5.41) is 13.2. The predicted octanol–water partition coefficient (Wildman–Crippen LogP) is 4.16. The van der Waals surface area contributed by atoms with Crippen molar-refractivity contribution in [2.45, 2.75) is 32.2 Å². The topological polar surface area (TPSA) is 49.3 Å². The number of carbonyl (C=O) groups excluding carboxylic acids is 1. The van der Waals surface area contributed by atoms with Gasteiger partial charge >= 0.3 is 0 Å². The largest absolute Gasteiger partial charge is 0.506 e. The minimum absolute atomic E-state index is 0.0190. The van der Waals surface area contributed by atoms with Gasteiger partial charge < -0.3 is 10.4 Å². The number of carbonyl (C=O) groups is 1. The average molecular weight is 316 g/mol. The molecule has 0 bridgehead atoms. The van der Waals surface area contributed by atoms with Crippen LogP contribution >= 0.6 is 11.6 Å². The zero-order valence-corrected chi connectivity index (χ0v) is 13.2. The Kier molecular flexibility index (Phi) is 4.08. The fourth-order valence-electron chi connectivity index (χ4n) is 3.12. The van der Waals surface area contributed by atoms with Crippen LogP contribution in [-0.4, -0.2) is 11.0 Å². The fourth-order valence-corrected chi connectivity index (χ4v) is 3.29. The van der Waals surface area contributed by atoms with E-state index in [0.29, 0.717) is 0 Å². The summed E-state index contributed by atoms with van der Waals surface area (Å²) in [6, 6.07) is 11.0.